The number of nitro groups is 1. The Morgan fingerprint density at radius 2 is 1.92 bits per heavy atom. The number of carbonyl (C=O) groups excluding carboxylic acids is 1. The summed E-state index contributed by atoms with van der Waals surface area (Å²) in [6.07, 6.45) is 0.616. The molecule has 120 valence electrons. The molecule has 0 fully saturated rings. The Bertz CT molecular complexity index is 938. The average Bonchev–Trinajstić information content (AvgIpc) is 2.92. The maximum absolute atomic E-state index is 13.1. The molecule has 0 radical (unpaired) electrons. The Labute approximate surface area is 143 Å². The number of carbonyl (C=O) groups is 1. The second-order valence-corrected chi connectivity index (χ2v) is 5.62. The first-order chi connectivity index (χ1) is 11.5. The third-order valence-electron chi connectivity index (χ3n) is 3.38. The first-order valence-electron chi connectivity index (χ1n) is 6.75. The van der Waals surface area contributed by atoms with Crippen molar-refractivity contribution in [2.24, 2.45) is 0 Å². The Morgan fingerprint density at radius 1 is 1.21 bits per heavy atom. The number of nitrogens with zero attached hydrogens (tertiary/aromatic N) is 3. The van der Waals surface area contributed by atoms with Crippen molar-refractivity contribution in [3.63, 3.8) is 0 Å². The fraction of sp³-hybridized carbons (Fsp3) is 0. The summed E-state index contributed by atoms with van der Waals surface area (Å²) in [5.41, 5.74) is 1.43. The van der Waals surface area contributed by atoms with E-state index >= 15 is 0 Å². The molecule has 0 aliphatic carbocycles. The zero-order chi connectivity index (χ0) is 17.3. The van der Waals surface area contributed by atoms with Gasteiger partial charge in [0.1, 0.15) is 16.1 Å². The number of halogens is 2. The maximum Gasteiger partial charge on any atom is 0.270 e. The molecule has 8 heteroatoms. The first kappa shape index (κ1) is 16.0. The number of benzene rings is 2. The van der Waals surface area contributed by atoms with Crippen LogP contribution in [0.25, 0.3) is 16.9 Å². The van der Waals surface area contributed by atoms with Crippen LogP contribution in [0.2, 0.25) is 0 Å². The number of non-ortho nitro benzene ring substituents is 1. The van der Waals surface area contributed by atoms with Crippen molar-refractivity contribution in [1.82, 2.24) is 9.78 Å². The summed E-state index contributed by atoms with van der Waals surface area (Å²) in [5.74, 6) is -0.392. The fourth-order valence-electron chi connectivity index (χ4n) is 2.25. The van der Waals surface area contributed by atoms with Gasteiger partial charge >= 0.3 is 0 Å². The van der Waals surface area contributed by atoms with Gasteiger partial charge in [-0.1, -0.05) is 12.1 Å². The van der Waals surface area contributed by atoms with Crippen LogP contribution in [0.3, 0.4) is 0 Å². The molecule has 3 aromatic rings. The summed E-state index contributed by atoms with van der Waals surface area (Å²) in [6.45, 7) is 0. The molecule has 0 spiro atoms. The zero-order valence-corrected chi connectivity index (χ0v) is 13.6. The topological polar surface area (TPSA) is 78.0 Å². The van der Waals surface area contributed by atoms with Crippen LogP contribution < -0.4 is 0 Å². The summed E-state index contributed by atoms with van der Waals surface area (Å²) >= 11 is 3.30. The lowest BCUT2D eigenvalue weighted by molar-refractivity contribution is -0.384. The minimum absolute atomic E-state index is 0.100. The number of nitro benzene ring substituents is 1. The summed E-state index contributed by atoms with van der Waals surface area (Å²) < 4.78 is 14.9. The summed E-state index contributed by atoms with van der Waals surface area (Å²) in [6, 6.07) is 11.4. The van der Waals surface area contributed by atoms with Crippen molar-refractivity contribution in [2.45, 2.75) is 0 Å². The van der Waals surface area contributed by atoms with Gasteiger partial charge in [0.05, 0.1) is 16.2 Å². The molecule has 1 aromatic heterocycles. The lowest BCUT2D eigenvalue weighted by Gasteiger charge is -2.02. The van der Waals surface area contributed by atoms with Gasteiger partial charge in [0.25, 0.3) is 5.69 Å². The number of hydrogen-bond acceptors (Lipinski definition) is 4. The SMILES string of the molecule is O=Cc1c(-c2cccc([N+](=O)[O-])c2)nn(-c2ccc(F)cc2)c1Br. The molecule has 2 aromatic carbocycles. The van der Waals surface area contributed by atoms with Crippen molar-refractivity contribution >= 4 is 27.9 Å². The Morgan fingerprint density at radius 3 is 2.54 bits per heavy atom. The molecule has 0 aliphatic heterocycles. The number of aldehydes is 1. The van der Waals surface area contributed by atoms with Gasteiger partial charge in [0.2, 0.25) is 0 Å². The van der Waals surface area contributed by atoms with E-state index in [0.29, 0.717) is 27.8 Å². The van der Waals surface area contributed by atoms with Crippen LogP contribution in [0.5, 0.6) is 0 Å². The molecular formula is C16H9BrFN3O3. The molecule has 0 unspecified atom stereocenters. The van der Waals surface area contributed by atoms with Gasteiger partial charge in [0, 0.05) is 17.7 Å². The predicted molar refractivity (Wildman–Crippen MR) is 88.7 cm³/mol. The maximum atomic E-state index is 13.1. The molecular weight excluding hydrogens is 381 g/mol. The Balaban J connectivity index is 2.17. The van der Waals surface area contributed by atoms with Crippen LogP contribution in [0.15, 0.2) is 53.1 Å². The standard InChI is InChI=1S/C16H9BrFN3O3/c17-16-14(9-22)15(10-2-1-3-13(8-10)21(23)24)19-20(16)12-6-4-11(18)5-7-12/h1-9H. The summed E-state index contributed by atoms with van der Waals surface area (Å²) in [7, 11) is 0. The van der Waals surface area contributed by atoms with E-state index in [4.69, 9.17) is 0 Å². The van der Waals surface area contributed by atoms with Crippen LogP contribution in [0, 0.1) is 15.9 Å². The third kappa shape index (κ3) is 2.83. The predicted octanol–water partition coefficient (Wildman–Crippen LogP) is 4.16. The van der Waals surface area contributed by atoms with Crippen LogP contribution in [0.4, 0.5) is 10.1 Å². The Hall–Kier alpha value is -2.87. The molecule has 0 bridgehead atoms. The van der Waals surface area contributed by atoms with Crippen molar-refractivity contribution in [3.8, 4) is 16.9 Å². The molecule has 0 N–H and O–H groups in total. The van der Waals surface area contributed by atoms with Gasteiger partial charge < -0.3 is 0 Å². The molecule has 3 rings (SSSR count). The van der Waals surface area contributed by atoms with Crippen LogP contribution in [-0.2, 0) is 0 Å². The molecule has 1 heterocycles. The molecule has 0 saturated heterocycles. The second-order valence-electron chi connectivity index (χ2n) is 4.87. The smallest absolute Gasteiger partial charge is 0.270 e. The fourth-order valence-corrected chi connectivity index (χ4v) is 2.81. The van der Waals surface area contributed by atoms with E-state index < -0.39 is 10.7 Å². The minimum Gasteiger partial charge on any atom is -0.298 e. The van der Waals surface area contributed by atoms with Crippen molar-refractivity contribution in [1.29, 1.82) is 0 Å². The highest BCUT2D eigenvalue weighted by Crippen LogP contribution is 2.31. The minimum atomic E-state index is -0.518. The van der Waals surface area contributed by atoms with Gasteiger partial charge in [-0.05, 0) is 40.2 Å². The second kappa shape index (κ2) is 6.32. The van der Waals surface area contributed by atoms with E-state index in [1.54, 1.807) is 6.07 Å². The van der Waals surface area contributed by atoms with Crippen LogP contribution in [-0.4, -0.2) is 21.0 Å². The van der Waals surface area contributed by atoms with Gasteiger partial charge in [-0.3, -0.25) is 14.9 Å². The van der Waals surface area contributed by atoms with Crippen molar-refractivity contribution < 1.29 is 14.1 Å². The van der Waals surface area contributed by atoms with Gasteiger partial charge in [0.15, 0.2) is 6.29 Å². The van der Waals surface area contributed by atoms with Gasteiger partial charge in [-0.25, -0.2) is 9.07 Å². The van der Waals surface area contributed by atoms with E-state index in [-0.39, 0.29) is 11.3 Å². The third-order valence-corrected chi connectivity index (χ3v) is 4.15. The Kier molecular flexibility index (Phi) is 4.22. The summed E-state index contributed by atoms with van der Waals surface area (Å²) in [5, 5.41) is 15.3. The lowest BCUT2D eigenvalue weighted by Crippen LogP contribution is -1.97. The van der Waals surface area contributed by atoms with Gasteiger partial charge in [-0.2, -0.15) is 5.10 Å². The van der Waals surface area contributed by atoms with Crippen molar-refractivity contribution in [2.75, 3.05) is 0 Å². The van der Waals surface area contributed by atoms with E-state index in [0.717, 1.165) is 0 Å². The lowest BCUT2D eigenvalue weighted by atomic mass is 10.1. The van der Waals surface area contributed by atoms with Crippen LogP contribution >= 0.6 is 15.9 Å². The largest absolute Gasteiger partial charge is 0.298 e. The highest BCUT2D eigenvalue weighted by Gasteiger charge is 2.19. The molecule has 6 nitrogen and oxygen atoms in total. The molecule has 0 atom stereocenters. The van der Waals surface area contributed by atoms with E-state index in [1.165, 1.54) is 47.1 Å². The average molecular weight is 390 g/mol. The van der Waals surface area contributed by atoms with E-state index in [1.807, 2.05) is 0 Å². The highest BCUT2D eigenvalue weighted by molar-refractivity contribution is 9.10. The van der Waals surface area contributed by atoms with Crippen LogP contribution in [0.1, 0.15) is 10.4 Å². The normalized spacial score (nSPS) is 10.6. The number of aromatic nitrogens is 2. The molecule has 0 saturated carbocycles. The summed E-state index contributed by atoms with van der Waals surface area (Å²) in [4.78, 5) is 21.9. The van der Waals surface area contributed by atoms with E-state index in [2.05, 4.69) is 21.0 Å². The van der Waals surface area contributed by atoms with Crippen molar-refractivity contribution in [3.05, 3.63) is 74.6 Å². The quantitative estimate of drug-likeness (QED) is 0.381. The monoisotopic (exact) mass is 389 g/mol. The number of rotatable bonds is 4. The number of hydrogen-bond donors (Lipinski definition) is 0. The first-order valence-corrected chi connectivity index (χ1v) is 7.55. The molecule has 0 amide bonds. The van der Waals surface area contributed by atoms with E-state index in [9.17, 15) is 19.3 Å². The highest BCUT2D eigenvalue weighted by atomic mass is 79.9. The molecule has 0 aliphatic rings. The molecule has 24 heavy (non-hydrogen) atoms. The zero-order valence-electron chi connectivity index (χ0n) is 12.0. The van der Waals surface area contributed by atoms with Gasteiger partial charge in [-0.15, -0.1) is 0 Å².